The Bertz CT molecular complexity index is 328. The summed E-state index contributed by atoms with van der Waals surface area (Å²) in [6.45, 7) is 2.35. The van der Waals surface area contributed by atoms with E-state index in [1.807, 2.05) is 35.2 Å². The maximum absolute atomic E-state index is 10.5. The number of benzene rings is 1. The van der Waals surface area contributed by atoms with Gasteiger partial charge in [-0.1, -0.05) is 30.3 Å². The Morgan fingerprint density at radius 1 is 1.38 bits per heavy atom. The summed E-state index contributed by atoms with van der Waals surface area (Å²) in [6, 6.07) is 9.99. The third-order valence-corrected chi connectivity index (χ3v) is 2.82. The number of ether oxygens (including phenoxy) is 1. The summed E-state index contributed by atoms with van der Waals surface area (Å²) in [6.07, 6.45) is 0.611. The molecule has 3 heteroatoms. The lowest BCUT2D eigenvalue weighted by atomic mass is 9.95. The van der Waals surface area contributed by atoms with Crippen molar-refractivity contribution < 1.29 is 9.84 Å². The molecule has 2 rings (SSSR count). The molecule has 0 aliphatic carbocycles. The normalized spacial score (nSPS) is 27.6. The van der Waals surface area contributed by atoms with Gasteiger partial charge in [-0.2, -0.15) is 0 Å². The average Bonchev–Trinajstić information content (AvgIpc) is 2.41. The summed E-state index contributed by atoms with van der Waals surface area (Å²) < 4.78 is 5.42. The molecule has 1 saturated heterocycles. The molecular weight excluding hydrogens is 202 g/mol. The first-order valence-corrected chi connectivity index (χ1v) is 5.57. The molecule has 1 aromatic carbocycles. The van der Waals surface area contributed by atoms with Crippen molar-refractivity contribution in [2.45, 2.75) is 12.0 Å². The predicted molar refractivity (Wildman–Crippen MR) is 62.8 cm³/mol. The smallest absolute Gasteiger partial charge is 0.102 e. The molecule has 0 spiro atoms. The Morgan fingerprint density at radius 3 is 2.88 bits per heavy atom. The molecule has 1 aromatic rings. The van der Waals surface area contributed by atoms with Crippen molar-refractivity contribution in [3.8, 4) is 0 Å². The minimum atomic E-state index is -0.820. The van der Waals surface area contributed by atoms with Crippen molar-refractivity contribution in [3.63, 3.8) is 0 Å². The van der Waals surface area contributed by atoms with Crippen molar-refractivity contribution >= 4 is 0 Å². The Balaban J connectivity index is 2.06. The standard InChI is InChI=1S/C13H18NO2/c1-14-7-8-16-11-13(15,10-14)9-12-5-3-2-4-6-12/h2-6,15H,1,7-11H2/q-1. The van der Waals surface area contributed by atoms with Crippen molar-refractivity contribution in [3.05, 3.63) is 42.9 Å². The van der Waals surface area contributed by atoms with Gasteiger partial charge in [0.2, 0.25) is 0 Å². The second kappa shape index (κ2) is 4.95. The molecule has 1 aliphatic heterocycles. The van der Waals surface area contributed by atoms with Gasteiger partial charge in [0.1, 0.15) is 5.60 Å². The highest BCUT2D eigenvalue weighted by Crippen LogP contribution is 2.17. The number of hydrogen-bond acceptors (Lipinski definition) is 3. The summed E-state index contributed by atoms with van der Waals surface area (Å²) in [5, 5.41) is 10.5. The highest BCUT2D eigenvalue weighted by molar-refractivity contribution is 5.17. The number of rotatable bonds is 2. The van der Waals surface area contributed by atoms with Crippen LogP contribution in [0, 0.1) is 7.05 Å². The molecule has 0 radical (unpaired) electrons. The maximum atomic E-state index is 10.5. The molecule has 3 nitrogen and oxygen atoms in total. The SMILES string of the molecule is [CH2-]N1CCOCC(O)(Cc2ccccc2)C1. The fraction of sp³-hybridized carbons (Fsp3) is 0.462. The Morgan fingerprint density at radius 2 is 2.12 bits per heavy atom. The number of aliphatic hydroxyl groups is 1. The van der Waals surface area contributed by atoms with Gasteiger partial charge in [-0.3, -0.25) is 7.05 Å². The van der Waals surface area contributed by atoms with Crippen LogP contribution in [0.2, 0.25) is 0 Å². The van der Waals surface area contributed by atoms with Crippen LogP contribution >= 0.6 is 0 Å². The molecule has 0 bridgehead atoms. The molecule has 1 atom stereocenters. The lowest BCUT2D eigenvalue weighted by Crippen LogP contribution is -2.44. The van der Waals surface area contributed by atoms with E-state index in [9.17, 15) is 5.11 Å². The quantitative estimate of drug-likeness (QED) is 0.757. The second-order valence-electron chi connectivity index (χ2n) is 4.49. The monoisotopic (exact) mass is 220 g/mol. The van der Waals surface area contributed by atoms with E-state index in [-0.39, 0.29) is 0 Å². The summed E-state index contributed by atoms with van der Waals surface area (Å²) >= 11 is 0. The largest absolute Gasteiger partial charge is 0.455 e. The molecular formula is C13H18NO2-. The molecule has 16 heavy (non-hydrogen) atoms. The molecule has 1 fully saturated rings. The Labute approximate surface area is 96.6 Å². The van der Waals surface area contributed by atoms with Gasteiger partial charge >= 0.3 is 0 Å². The molecule has 0 saturated carbocycles. The van der Waals surface area contributed by atoms with E-state index < -0.39 is 5.60 Å². The van der Waals surface area contributed by atoms with Gasteiger partial charge in [-0.15, -0.1) is 0 Å². The first kappa shape index (κ1) is 11.6. The molecule has 1 N–H and O–H groups in total. The summed E-state index contributed by atoms with van der Waals surface area (Å²) in [7, 11) is 3.89. The molecule has 1 heterocycles. The summed E-state index contributed by atoms with van der Waals surface area (Å²) in [5.41, 5.74) is 0.309. The zero-order chi connectivity index (χ0) is 11.4. The van der Waals surface area contributed by atoms with Crippen LogP contribution < -0.4 is 0 Å². The molecule has 0 amide bonds. The van der Waals surface area contributed by atoms with Gasteiger partial charge < -0.3 is 14.7 Å². The fourth-order valence-corrected chi connectivity index (χ4v) is 2.08. The van der Waals surface area contributed by atoms with Gasteiger partial charge in [-0.25, -0.2) is 0 Å². The first-order chi connectivity index (χ1) is 7.68. The highest BCUT2D eigenvalue weighted by atomic mass is 16.5. The van der Waals surface area contributed by atoms with Crippen LogP contribution in [0.4, 0.5) is 0 Å². The molecule has 1 unspecified atom stereocenters. The van der Waals surface area contributed by atoms with Crippen LogP contribution in [0.3, 0.4) is 0 Å². The van der Waals surface area contributed by atoms with E-state index in [1.54, 1.807) is 0 Å². The minimum Gasteiger partial charge on any atom is -0.455 e. The van der Waals surface area contributed by atoms with Gasteiger partial charge in [0.15, 0.2) is 0 Å². The van der Waals surface area contributed by atoms with Crippen molar-refractivity contribution in [2.75, 3.05) is 26.3 Å². The average molecular weight is 220 g/mol. The van der Waals surface area contributed by atoms with Crippen molar-refractivity contribution in [1.82, 2.24) is 4.90 Å². The van der Waals surface area contributed by atoms with Crippen LogP contribution in [0.5, 0.6) is 0 Å². The van der Waals surface area contributed by atoms with Crippen molar-refractivity contribution in [1.29, 1.82) is 0 Å². The Hall–Kier alpha value is -0.900. The zero-order valence-electron chi connectivity index (χ0n) is 9.43. The third kappa shape index (κ3) is 3.04. The fourth-order valence-electron chi connectivity index (χ4n) is 2.08. The Kier molecular flexibility index (Phi) is 3.59. The van der Waals surface area contributed by atoms with E-state index >= 15 is 0 Å². The van der Waals surface area contributed by atoms with Crippen LogP contribution in [-0.2, 0) is 11.2 Å². The van der Waals surface area contributed by atoms with E-state index in [0.717, 1.165) is 12.1 Å². The molecule has 0 aromatic heterocycles. The van der Waals surface area contributed by atoms with Crippen LogP contribution in [-0.4, -0.2) is 41.9 Å². The predicted octanol–water partition coefficient (Wildman–Crippen LogP) is 1.08. The molecule has 88 valence electrons. The first-order valence-electron chi connectivity index (χ1n) is 5.57. The summed E-state index contributed by atoms with van der Waals surface area (Å²) in [4.78, 5) is 1.87. The van der Waals surface area contributed by atoms with E-state index in [1.165, 1.54) is 0 Å². The van der Waals surface area contributed by atoms with Gasteiger partial charge in [-0.05, 0) is 12.1 Å². The zero-order valence-corrected chi connectivity index (χ0v) is 9.43. The van der Waals surface area contributed by atoms with Gasteiger partial charge in [0, 0.05) is 13.0 Å². The van der Waals surface area contributed by atoms with Gasteiger partial charge in [0.05, 0.1) is 13.2 Å². The number of hydrogen-bond donors (Lipinski definition) is 1. The van der Waals surface area contributed by atoms with Crippen LogP contribution in [0.1, 0.15) is 5.56 Å². The lowest BCUT2D eigenvalue weighted by Gasteiger charge is -2.32. The lowest BCUT2D eigenvalue weighted by molar-refractivity contribution is -0.0331. The van der Waals surface area contributed by atoms with Crippen molar-refractivity contribution in [2.24, 2.45) is 0 Å². The van der Waals surface area contributed by atoms with E-state index in [2.05, 4.69) is 7.05 Å². The van der Waals surface area contributed by atoms with E-state index in [0.29, 0.717) is 26.2 Å². The minimum absolute atomic E-state index is 0.383. The summed E-state index contributed by atoms with van der Waals surface area (Å²) in [5.74, 6) is 0. The second-order valence-corrected chi connectivity index (χ2v) is 4.49. The number of β-amino-alcohol motifs (C(OH)–C–C–N with tert-alkyl or cyclic N) is 1. The van der Waals surface area contributed by atoms with E-state index in [4.69, 9.17) is 4.74 Å². The third-order valence-electron chi connectivity index (χ3n) is 2.82. The topological polar surface area (TPSA) is 32.7 Å². The van der Waals surface area contributed by atoms with Crippen LogP contribution in [0.25, 0.3) is 0 Å². The van der Waals surface area contributed by atoms with Crippen LogP contribution in [0.15, 0.2) is 30.3 Å². The molecule has 1 aliphatic rings. The number of nitrogens with zero attached hydrogens (tertiary/aromatic N) is 1. The highest BCUT2D eigenvalue weighted by Gasteiger charge is 2.29. The maximum Gasteiger partial charge on any atom is 0.102 e. The van der Waals surface area contributed by atoms with Gasteiger partial charge in [0.25, 0.3) is 0 Å².